The number of hydrogen-bond acceptors (Lipinski definition) is 3. The van der Waals surface area contributed by atoms with Crippen LogP contribution in [0.3, 0.4) is 0 Å². The summed E-state index contributed by atoms with van der Waals surface area (Å²) < 4.78 is 28.7. The van der Waals surface area contributed by atoms with Crippen LogP contribution in [-0.4, -0.2) is 35.3 Å². The third-order valence-electron chi connectivity index (χ3n) is 1.71. The molecule has 0 atom stereocenters. The van der Waals surface area contributed by atoms with Gasteiger partial charge in [-0.25, -0.2) is 0 Å². The highest BCUT2D eigenvalue weighted by atomic mass is 28.4. The van der Waals surface area contributed by atoms with E-state index in [2.05, 4.69) is 0 Å². The fraction of sp³-hybridized carbons (Fsp3) is 1.00. The van der Waals surface area contributed by atoms with Crippen LogP contribution in [-0.2, 0) is 13.3 Å². The van der Waals surface area contributed by atoms with Gasteiger partial charge in [0.1, 0.15) is 0 Å². The van der Waals surface area contributed by atoms with Crippen molar-refractivity contribution >= 4 is 8.80 Å². The quantitative estimate of drug-likeness (QED) is 0.564. The standard InChI is InChI=1S/C9H21FO3Si/c1-4-11-14(12-5-2,13-6-3)9-7-8-10/h4-9H2,1-3H3/p+1. The first-order chi connectivity index (χ1) is 6.74. The molecule has 14 heavy (non-hydrogen) atoms. The fourth-order valence-electron chi connectivity index (χ4n) is 1.28. The number of halogens is 1. The molecule has 0 rings (SSSR count). The van der Waals surface area contributed by atoms with Gasteiger partial charge in [-0.2, -0.15) is 0 Å². The Balaban J connectivity index is 0. The van der Waals surface area contributed by atoms with E-state index in [4.69, 9.17) is 13.3 Å². The monoisotopic (exact) mass is 225 g/mol. The Kier molecular flexibility index (Phi) is 8.36. The second-order valence-corrected chi connectivity index (χ2v) is 5.51. The van der Waals surface area contributed by atoms with Gasteiger partial charge in [-0.05, 0) is 27.2 Å². The van der Waals surface area contributed by atoms with Gasteiger partial charge in [0.2, 0.25) is 0 Å². The highest BCUT2D eigenvalue weighted by Crippen LogP contribution is 2.17. The maximum absolute atomic E-state index is 12.1. The lowest BCUT2D eigenvalue weighted by atomic mass is 10.6. The highest BCUT2D eigenvalue weighted by molar-refractivity contribution is 6.60. The summed E-state index contributed by atoms with van der Waals surface area (Å²) in [5.41, 5.74) is 0. The van der Waals surface area contributed by atoms with Crippen LogP contribution in [0.1, 0.15) is 28.6 Å². The molecule has 3 nitrogen and oxygen atoms in total. The third kappa shape index (κ3) is 5.04. The van der Waals surface area contributed by atoms with Crippen molar-refractivity contribution in [3.8, 4) is 0 Å². The Morgan fingerprint density at radius 2 is 1.43 bits per heavy atom. The summed E-state index contributed by atoms with van der Waals surface area (Å²) in [6.07, 6.45) is 0.451. The first-order valence-corrected chi connectivity index (χ1v) is 7.15. The Labute approximate surface area is 88.4 Å². The average Bonchev–Trinajstić information content (AvgIpc) is 2.16. The first-order valence-electron chi connectivity index (χ1n) is 5.22. The maximum Gasteiger partial charge on any atom is 1.00 e. The predicted molar refractivity (Wildman–Crippen MR) is 57.1 cm³/mol. The maximum atomic E-state index is 12.1. The number of rotatable bonds is 9. The minimum Gasteiger partial charge on any atom is -0.374 e. The molecule has 0 radical (unpaired) electrons. The molecule has 0 N–H and O–H groups in total. The molecule has 0 bridgehead atoms. The van der Waals surface area contributed by atoms with E-state index < -0.39 is 8.80 Å². The molecule has 0 aliphatic carbocycles. The molecule has 0 aromatic rings. The fourth-order valence-corrected chi connectivity index (χ4v) is 3.85. The molecule has 0 saturated heterocycles. The largest absolute Gasteiger partial charge is 1.00 e. The molecule has 0 aliphatic rings. The normalized spacial score (nSPS) is 12.0. The molecule has 0 spiro atoms. The minimum atomic E-state index is -2.56. The Morgan fingerprint density at radius 3 is 1.71 bits per heavy atom. The summed E-state index contributed by atoms with van der Waals surface area (Å²) >= 11 is 0. The third-order valence-corrected chi connectivity index (χ3v) is 4.86. The molecule has 0 aromatic carbocycles. The zero-order valence-corrected chi connectivity index (χ0v) is 10.3. The van der Waals surface area contributed by atoms with Crippen molar-refractivity contribution in [3.63, 3.8) is 0 Å². The van der Waals surface area contributed by atoms with Gasteiger partial charge in [0.15, 0.2) is 0 Å². The molecular formula is C9H22FO3Si+. The van der Waals surface area contributed by atoms with Gasteiger partial charge in [-0.1, -0.05) is 0 Å². The molecule has 86 valence electrons. The second-order valence-electron chi connectivity index (χ2n) is 2.77. The van der Waals surface area contributed by atoms with E-state index in [1.807, 2.05) is 20.8 Å². The van der Waals surface area contributed by atoms with Gasteiger partial charge in [-0.3, -0.25) is 4.39 Å². The highest BCUT2D eigenvalue weighted by Gasteiger charge is 2.39. The molecule has 0 aromatic heterocycles. The van der Waals surface area contributed by atoms with Crippen molar-refractivity contribution in [1.29, 1.82) is 0 Å². The van der Waals surface area contributed by atoms with E-state index in [1.54, 1.807) is 0 Å². The summed E-state index contributed by atoms with van der Waals surface area (Å²) in [5, 5.41) is 0. The van der Waals surface area contributed by atoms with Crippen molar-refractivity contribution in [1.82, 2.24) is 0 Å². The van der Waals surface area contributed by atoms with Gasteiger partial charge in [0.05, 0.1) is 6.67 Å². The van der Waals surface area contributed by atoms with Crippen LogP contribution in [0.5, 0.6) is 0 Å². The van der Waals surface area contributed by atoms with Crippen molar-refractivity contribution in [2.75, 3.05) is 26.5 Å². The molecule has 0 heterocycles. The van der Waals surface area contributed by atoms with E-state index in [1.165, 1.54) is 0 Å². The Morgan fingerprint density at radius 1 is 1.00 bits per heavy atom. The topological polar surface area (TPSA) is 27.7 Å². The summed E-state index contributed by atoms with van der Waals surface area (Å²) in [5.74, 6) is 0. The summed E-state index contributed by atoms with van der Waals surface area (Å²) in [7, 11) is -2.56. The minimum absolute atomic E-state index is 0. The van der Waals surface area contributed by atoms with E-state index in [-0.39, 0.29) is 8.10 Å². The van der Waals surface area contributed by atoms with Crippen molar-refractivity contribution in [2.45, 2.75) is 33.2 Å². The summed E-state index contributed by atoms with van der Waals surface area (Å²) in [6, 6.07) is 0.568. The van der Waals surface area contributed by atoms with E-state index in [0.29, 0.717) is 32.3 Å². The van der Waals surface area contributed by atoms with Gasteiger partial charge < -0.3 is 13.3 Å². The smallest absolute Gasteiger partial charge is 0.374 e. The Hall–Kier alpha value is 0.0269. The molecule has 0 unspecified atom stereocenters. The van der Waals surface area contributed by atoms with Crippen LogP contribution in [0.25, 0.3) is 0 Å². The zero-order valence-electron chi connectivity index (χ0n) is 10.3. The lowest BCUT2D eigenvalue weighted by molar-refractivity contribution is 0.0703. The number of hydrogen-bond donors (Lipinski definition) is 0. The predicted octanol–water partition coefficient (Wildman–Crippen LogP) is 2.51. The molecule has 0 aliphatic heterocycles. The summed E-state index contributed by atoms with van der Waals surface area (Å²) in [4.78, 5) is 0. The average molecular weight is 225 g/mol. The molecular weight excluding hydrogens is 203 g/mol. The molecule has 0 saturated carbocycles. The lowest BCUT2D eigenvalue weighted by Crippen LogP contribution is -2.46. The second kappa shape index (κ2) is 8.34. The van der Waals surface area contributed by atoms with Gasteiger partial charge in [0.25, 0.3) is 0 Å². The van der Waals surface area contributed by atoms with Crippen molar-refractivity contribution in [2.24, 2.45) is 0 Å². The van der Waals surface area contributed by atoms with Crippen LogP contribution in [0.2, 0.25) is 6.04 Å². The van der Waals surface area contributed by atoms with Gasteiger partial charge >= 0.3 is 10.2 Å². The van der Waals surface area contributed by atoms with E-state index in [0.717, 1.165) is 0 Å². The van der Waals surface area contributed by atoms with Gasteiger partial charge in [0, 0.05) is 25.9 Å². The Bertz CT molecular complexity index is 124. The van der Waals surface area contributed by atoms with Crippen LogP contribution < -0.4 is 0 Å². The zero-order chi connectivity index (χ0) is 10.9. The van der Waals surface area contributed by atoms with Gasteiger partial charge in [-0.15, -0.1) is 0 Å². The SMILES string of the molecule is CCO[Si](CCCF)(OCC)OCC.[H+]. The first kappa shape index (κ1) is 14.0. The number of alkyl halides is 1. The molecule has 0 amide bonds. The van der Waals surface area contributed by atoms with Crippen LogP contribution in [0.4, 0.5) is 4.39 Å². The van der Waals surface area contributed by atoms with Crippen LogP contribution in [0.15, 0.2) is 0 Å². The van der Waals surface area contributed by atoms with Crippen molar-refractivity contribution in [3.05, 3.63) is 0 Å². The molecule has 5 heteroatoms. The van der Waals surface area contributed by atoms with Crippen LogP contribution >= 0.6 is 0 Å². The summed E-state index contributed by atoms with van der Waals surface area (Å²) in [6.45, 7) is 7.01. The van der Waals surface area contributed by atoms with E-state index >= 15 is 0 Å². The van der Waals surface area contributed by atoms with E-state index in [9.17, 15) is 4.39 Å². The van der Waals surface area contributed by atoms with Crippen LogP contribution in [0, 0.1) is 0 Å². The molecule has 0 fully saturated rings. The van der Waals surface area contributed by atoms with Crippen molar-refractivity contribution < 1.29 is 19.1 Å². The lowest BCUT2D eigenvalue weighted by Gasteiger charge is -2.28.